The minimum atomic E-state index is -0.498. The van der Waals surface area contributed by atoms with Gasteiger partial charge >= 0.3 is 0 Å². The maximum atomic E-state index is 12.3. The molecule has 0 atom stereocenters. The van der Waals surface area contributed by atoms with Crippen molar-refractivity contribution in [1.29, 1.82) is 0 Å². The molecule has 1 amide bonds. The van der Waals surface area contributed by atoms with Gasteiger partial charge in [-0.05, 0) is 56.2 Å². The Morgan fingerprint density at radius 1 is 1.19 bits per heavy atom. The summed E-state index contributed by atoms with van der Waals surface area (Å²) in [5.41, 5.74) is 1.85. The number of aryl methyl sites for hydroxylation is 1. The summed E-state index contributed by atoms with van der Waals surface area (Å²) in [7, 11) is 0. The first-order chi connectivity index (χ1) is 12.9. The monoisotopic (exact) mass is 367 g/mol. The lowest BCUT2D eigenvalue weighted by molar-refractivity contribution is -0.116. The second-order valence-corrected chi connectivity index (χ2v) is 7.32. The lowest BCUT2D eigenvalue weighted by Gasteiger charge is -2.31. The van der Waals surface area contributed by atoms with Crippen LogP contribution >= 0.6 is 0 Å². The Hall–Kier alpha value is -2.82. The van der Waals surface area contributed by atoms with Gasteiger partial charge in [-0.25, -0.2) is 0 Å². The Labute approximate surface area is 159 Å². The fourth-order valence-corrected chi connectivity index (χ4v) is 3.04. The van der Waals surface area contributed by atoms with Gasteiger partial charge in [-0.2, -0.15) is 0 Å². The Morgan fingerprint density at radius 2 is 1.93 bits per heavy atom. The predicted molar refractivity (Wildman–Crippen MR) is 105 cm³/mol. The van der Waals surface area contributed by atoms with Crippen LogP contribution in [0.25, 0.3) is 0 Å². The number of fused-ring (bicyclic) bond motifs is 1. The minimum absolute atomic E-state index is 0.0243. The lowest BCUT2D eigenvalue weighted by Crippen LogP contribution is -2.35. The van der Waals surface area contributed by atoms with E-state index >= 15 is 0 Å². The summed E-state index contributed by atoms with van der Waals surface area (Å²) in [6.07, 6.45) is 1.53. The van der Waals surface area contributed by atoms with Crippen molar-refractivity contribution < 1.29 is 19.1 Å². The van der Waals surface area contributed by atoms with Crippen LogP contribution in [0.1, 0.15) is 49.5 Å². The van der Waals surface area contributed by atoms with Crippen LogP contribution in [0.5, 0.6) is 11.5 Å². The number of anilines is 1. The van der Waals surface area contributed by atoms with Crippen LogP contribution in [0.15, 0.2) is 42.5 Å². The van der Waals surface area contributed by atoms with Gasteiger partial charge in [0.15, 0.2) is 5.78 Å². The Balaban J connectivity index is 1.53. The smallest absolute Gasteiger partial charge is 0.227 e. The van der Waals surface area contributed by atoms with Crippen molar-refractivity contribution in [2.45, 2.75) is 45.6 Å². The van der Waals surface area contributed by atoms with Crippen molar-refractivity contribution in [3.05, 3.63) is 53.6 Å². The van der Waals surface area contributed by atoms with E-state index in [1.807, 2.05) is 38.1 Å². The molecule has 27 heavy (non-hydrogen) atoms. The number of nitrogens with one attached hydrogen (secondary N) is 1. The van der Waals surface area contributed by atoms with Gasteiger partial charge in [-0.1, -0.05) is 19.1 Å². The molecule has 0 unspecified atom stereocenters. The Morgan fingerprint density at radius 3 is 2.63 bits per heavy atom. The van der Waals surface area contributed by atoms with E-state index in [0.717, 1.165) is 12.2 Å². The number of hydrogen-bond acceptors (Lipinski definition) is 4. The number of amides is 1. The van der Waals surface area contributed by atoms with Gasteiger partial charge in [0.1, 0.15) is 17.1 Å². The number of rotatable bonds is 6. The first-order valence-corrected chi connectivity index (χ1v) is 9.24. The normalized spacial score (nSPS) is 14.9. The molecule has 0 bridgehead atoms. The van der Waals surface area contributed by atoms with Crippen molar-refractivity contribution in [3.63, 3.8) is 0 Å². The van der Waals surface area contributed by atoms with Gasteiger partial charge in [0, 0.05) is 5.69 Å². The van der Waals surface area contributed by atoms with E-state index in [0.29, 0.717) is 30.0 Å². The molecule has 142 valence electrons. The molecule has 5 nitrogen and oxygen atoms in total. The summed E-state index contributed by atoms with van der Waals surface area (Å²) in [6, 6.07) is 13.0. The molecule has 0 fully saturated rings. The third-order valence-electron chi connectivity index (χ3n) is 4.47. The van der Waals surface area contributed by atoms with Crippen LogP contribution in [0, 0.1) is 0 Å². The zero-order valence-corrected chi connectivity index (χ0v) is 16.0. The summed E-state index contributed by atoms with van der Waals surface area (Å²) < 4.78 is 11.4. The standard InChI is InChI=1S/C22H25NO4/c1-4-15-5-8-17(9-6-15)26-12-11-21(25)23-16-7-10-20-18(13-16)19(24)14-22(2,3)27-20/h5-10,13H,4,11-12,14H2,1-3H3,(H,23,25). The number of ether oxygens (including phenoxy) is 2. The number of hydrogen-bond donors (Lipinski definition) is 1. The molecule has 2 aromatic carbocycles. The van der Waals surface area contributed by atoms with Gasteiger partial charge in [-0.3, -0.25) is 9.59 Å². The fraction of sp³-hybridized carbons (Fsp3) is 0.364. The van der Waals surface area contributed by atoms with E-state index in [4.69, 9.17) is 9.47 Å². The summed E-state index contributed by atoms with van der Waals surface area (Å²) >= 11 is 0. The maximum absolute atomic E-state index is 12.3. The van der Waals surface area contributed by atoms with Gasteiger partial charge in [0.25, 0.3) is 0 Å². The van der Waals surface area contributed by atoms with Crippen molar-refractivity contribution in [3.8, 4) is 11.5 Å². The molecular weight excluding hydrogens is 342 g/mol. The average molecular weight is 367 g/mol. The first kappa shape index (κ1) is 19.0. The second kappa shape index (κ2) is 7.82. The third-order valence-corrected chi connectivity index (χ3v) is 4.47. The first-order valence-electron chi connectivity index (χ1n) is 9.24. The SMILES string of the molecule is CCc1ccc(OCCC(=O)Nc2ccc3c(c2)C(=O)CC(C)(C)O3)cc1. The van der Waals surface area contributed by atoms with Gasteiger partial charge < -0.3 is 14.8 Å². The fourth-order valence-electron chi connectivity index (χ4n) is 3.04. The molecule has 0 saturated carbocycles. The molecule has 1 aliphatic rings. The molecule has 1 aliphatic heterocycles. The predicted octanol–water partition coefficient (Wildman–Crippen LogP) is 4.40. The molecule has 1 heterocycles. The molecule has 3 rings (SSSR count). The van der Waals surface area contributed by atoms with E-state index in [1.54, 1.807) is 18.2 Å². The summed E-state index contributed by atoms with van der Waals surface area (Å²) in [4.78, 5) is 24.4. The molecular formula is C22H25NO4. The summed E-state index contributed by atoms with van der Waals surface area (Å²) in [5.74, 6) is 1.17. The van der Waals surface area contributed by atoms with Crippen molar-refractivity contribution >= 4 is 17.4 Å². The van der Waals surface area contributed by atoms with Crippen LogP contribution in [-0.2, 0) is 11.2 Å². The van der Waals surface area contributed by atoms with E-state index in [2.05, 4.69) is 12.2 Å². The van der Waals surface area contributed by atoms with Gasteiger partial charge in [0.2, 0.25) is 5.91 Å². The molecule has 0 radical (unpaired) electrons. The van der Waals surface area contributed by atoms with E-state index < -0.39 is 5.60 Å². The topological polar surface area (TPSA) is 64.6 Å². The van der Waals surface area contributed by atoms with Crippen LogP contribution in [-0.4, -0.2) is 23.9 Å². The molecule has 0 saturated heterocycles. The third kappa shape index (κ3) is 4.88. The number of ketones is 1. The molecule has 0 aromatic heterocycles. The highest BCUT2D eigenvalue weighted by Crippen LogP contribution is 2.34. The van der Waals surface area contributed by atoms with Gasteiger partial charge in [-0.15, -0.1) is 0 Å². The maximum Gasteiger partial charge on any atom is 0.227 e. The van der Waals surface area contributed by atoms with Crippen LogP contribution in [0.3, 0.4) is 0 Å². The number of carbonyl (C=O) groups is 2. The molecule has 0 aliphatic carbocycles. The molecule has 5 heteroatoms. The average Bonchev–Trinajstić information content (AvgIpc) is 2.62. The van der Waals surface area contributed by atoms with Crippen LogP contribution in [0.4, 0.5) is 5.69 Å². The Bertz CT molecular complexity index is 840. The van der Waals surface area contributed by atoms with E-state index in [-0.39, 0.29) is 18.1 Å². The van der Waals surface area contributed by atoms with Crippen molar-refractivity contribution in [1.82, 2.24) is 0 Å². The summed E-state index contributed by atoms with van der Waals surface area (Å²) in [5, 5.41) is 2.81. The second-order valence-electron chi connectivity index (χ2n) is 7.32. The molecule has 2 aromatic rings. The van der Waals surface area contributed by atoms with Crippen LogP contribution in [0.2, 0.25) is 0 Å². The highest BCUT2D eigenvalue weighted by Gasteiger charge is 2.32. The minimum Gasteiger partial charge on any atom is -0.493 e. The zero-order valence-electron chi connectivity index (χ0n) is 16.0. The lowest BCUT2D eigenvalue weighted by atomic mass is 9.93. The number of Topliss-reactive ketones (excluding diaryl/α,β-unsaturated/α-hetero) is 1. The molecule has 1 N–H and O–H groups in total. The van der Waals surface area contributed by atoms with Gasteiger partial charge in [0.05, 0.1) is 25.0 Å². The highest BCUT2D eigenvalue weighted by atomic mass is 16.5. The highest BCUT2D eigenvalue weighted by molar-refractivity contribution is 6.02. The largest absolute Gasteiger partial charge is 0.493 e. The quantitative estimate of drug-likeness (QED) is 0.822. The Kier molecular flexibility index (Phi) is 5.49. The number of carbonyl (C=O) groups excluding carboxylic acids is 2. The van der Waals surface area contributed by atoms with Crippen molar-refractivity contribution in [2.75, 3.05) is 11.9 Å². The van der Waals surface area contributed by atoms with Crippen molar-refractivity contribution in [2.24, 2.45) is 0 Å². The summed E-state index contributed by atoms with van der Waals surface area (Å²) in [6.45, 7) is 6.17. The zero-order chi connectivity index (χ0) is 19.4. The van der Waals surface area contributed by atoms with E-state index in [1.165, 1.54) is 5.56 Å². The number of benzene rings is 2. The molecule has 0 spiro atoms. The van der Waals surface area contributed by atoms with E-state index in [9.17, 15) is 9.59 Å². The van der Waals surface area contributed by atoms with Crippen LogP contribution < -0.4 is 14.8 Å².